The highest BCUT2D eigenvalue weighted by molar-refractivity contribution is 5.77. The molecule has 0 fully saturated rings. The third-order valence-electron chi connectivity index (χ3n) is 2.00. The van der Waals surface area contributed by atoms with Crippen LogP contribution >= 0.6 is 0 Å². The van der Waals surface area contributed by atoms with Gasteiger partial charge < -0.3 is 4.74 Å². The Kier molecular flexibility index (Phi) is 5.68. The molecule has 0 aliphatic rings. The molecular weight excluding hydrogens is 188 g/mol. The summed E-state index contributed by atoms with van der Waals surface area (Å²) >= 11 is 0. The van der Waals surface area contributed by atoms with Crippen molar-refractivity contribution in [1.29, 1.82) is 0 Å². The van der Waals surface area contributed by atoms with Crippen LogP contribution in [-0.4, -0.2) is 12.1 Å². The molecule has 84 valence electrons. The molecule has 0 radical (unpaired) electrons. The number of rotatable bonds is 3. The Balaban J connectivity index is 0.00000196. The second-order valence-electron chi connectivity index (χ2n) is 3.62. The summed E-state index contributed by atoms with van der Waals surface area (Å²) in [6, 6.07) is 9.66. The molecule has 1 unspecified atom stereocenters. The number of ether oxygens (including phenoxy) is 1. The van der Waals surface area contributed by atoms with Crippen molar-refractivity contribution < 1.29 is 9.53 Å². The maximum absolute atomic E-state index is 11.5. The molecule has 1 atom stereocenters. The number of esters is 1. The van der Waals surface area contributed by atoms with Crippen LogP contribution in [0.1, 0.15) is 39.7 Å². The maximum atomic E-state index is 11.5. The summed E-state index contributed by atoms with van der Waals surface area (Å²) in [6.07, 6.45) is -0.0475. The van der Waals surface area contributed by atoms with Crippen LogP contribution < -0.4 is 0 Å². The molecule has 0 saturated carbocycles. The van der Waals surface area contributed by atoms with Crippen molar-refractivity contribution >= 4 is 5.97 Å². The Morgan fingerprint density at radius 3 is 2.13 bits per heavy atom. The third kappa shape index (κ3) is 4.15. The van der Waals surface area contributed by atoms with E-state index in [0.717, 1.165) is 5.56 Å². The Labute approximate surface area is 92.3 Å². The van der Waals surface area contributed by atoms with E-state index in [0.29, 0.717) is 0 Å². The first-order valence-electron chi connectivity index (χ1n) is 4.86. The van der Waals surface area contributed by atoms with Crippen LogP contribution in [0.25, 0.3) is 0 Å². The summed E-state index contributed by atoms with van der Waals surface area (Å²) in [7, 11) is 0. The molecule has 2 heteroatoms. The monoisotopic (exact) mass is 208 g/mol. The number of hydrogen-bond donors (Lipinski definition) is 0. The van der Waals surface area contributed by atoms with Gasteiger partial charge >= 0.3 is 5.97 Å². The van der Waals surface area contributed by atoms with Crippen LogP contribution in [0.5, 0.6) is 0 Å². The summed E-state index contributed by atoms with van der Waals surface area (Å²) < 4.78 is 5.13. The van der Waals surface area contributed by atoms with Gasteiger partial charge in [-0.05, 0) is 26.3 Å². The highest BCUT2D eigenvalue weighted by Crippen LogP contribution is 2.16. The molecule has 0 spiro atoms. The van der Waals surface area contributed by atoms with Gasteiger partial charge in [0.15, 0.2) is 0 Å². The van der Waals surface area contributed by atoms with Crippen molar-refractivity contribution in [2.45, 2.75) is 40.2 Å². The standard InChI is InChI=1S/C12H16O2.CH4/c1-9(2)14-12(13)10(3)11-7-5-4-6-8-11;/h4-10H,1-3H3;1H4. The molecule has 0 aromatic heterocycles. The zero-order chi connectivity index (χ0) is 10.6. The molecule has 1 aromatic rings. The molecule has 0 heterocycles. The van der Waals surface area contributed by atoms with Crippen LogP contribution in [0, 0.1) is 0 Å². The molecule has 0 amide bonds. The lowest BCUT2D eigenvalue weighted by Gasteiger charge is -2.13. The zero-order valence-electron chi connectivity index (χ0n) is 8.86. The average molecular weight is 208 g/mol. The van der Waals surface area contributed by atoms with Crippen molar-refractivity contribution in [3.05, 3.63) is 35.9 Å². The van der Waals surface area contributed by atoms with E-state index in [4.69, 9.17) is 4.74 Å². The van der Waals surface area contributed by atoms with Gasteiger partial charge in [0.1, 0.15) is 0 Å². The molecular formula is C13H20O2. The maximum Gasteiger partial charge on any atom is 0.313 e. The molecule has 1 rings (SSSR count). The SMILES string of the molecule is C.CC(C)OC(=O)C(C)c1ccccc1. The first-order valence-corrected chi connectivity index (χ1v) is 4.86. The van der Waals surface area contributed by atoms with Gasteiger partial charge in [0.05, 0.1) is 12.0 Å². The summed E-state index contributed by atoms with van der Waals surface area (Å²) in [5, 5.41) is 0. The largest absolute Gasteiger partial charge is 0.463 e. The van der Waals surface area contributed by atoms with E-state index in [1.165, 1.54) is 0 Å². The van der Waals surface area contributed by atoms with Gasteiger partial charge in [-0.3, -0.25) is 4.79 Å². The molecule has 0 N–H and O–H groups in total. The molecule has 0 saturated heterocycles. The fraction of sp³-hybridized carbons (Fsp3) is 0.462. The Hall–Kier alpha value is -1.31. The molecule has 1 aromatic carbocycles. The molecule has 0 bridgehead atoms. The Bertz CT molecular complexity index is 291. The lowest BCUT2D eigenvalue weighted by atomic mass is 10.0. The first kappa shape index (κ1) is 13.7. The van der Waals surface area contributed by atoms with Crippen molar-refractivity contribution in [2.75, 3.05) is 0 Å². The lowest BCUT2D eigenvalue weighted by molar-refractivity contribution is -0.148. The predicted molar refractivity (Wildman–Crippen MR) is 62.8 cm³/mol. The Morgan fingerprint density at radius 2 is 1.67 bits per heavy atom. The zero-order valence-corrected chi connectivity index (χ0v) is 8.86. The van der Waals surface area contributed by atoms with Crippen molar-refractivity contribution in [3.8, 4) is 0 Å². The van der Waals surface area contributed by atoms with Crippen molar-refractivity contribution in [2.24, 2.45) is 0 Å². The highest BCUT2D eigenvalue weighted by atomic mass is 16.5. The van der Waals surface area contributed by atoms with Crippen molar-refractivity contribution in [1.82, 2.24) is 0 Å². The normalized spacial score (nSPS) is 11.7. The molecule has 15 heavy (non-hydrogen) atoms. The summed E-state index contributed by atoms with van der Waals surface area (Å²) in [6.45, 7) is 5.57. The number of hydrogen-bond acceptors (Lipinski definition) is 2. The minimum Gasteiger partial charge on any atom is -0.463 e. The average Bonchev–Trinajstić information content (AvgIpc) is 2.17. The van der Waals surface area contributed by atoms with E-state index < -0.39 is 0 Å². The van der Waals surface area contributed by atoms with Crippen LogP contribution in [-0.2, 0) is 9.53 Å². The number of benzene rings is 1. The third-order valence-corrected chi connectivity index (χ3v) is 2.00. The number of carbonyl (C=O) groups is 1. The Morgan fingerprint density at radius 1 is 1.13 bits per heavy atom. The minimum absolute atomic E-state index is 0. The van der Waals surface area contributed by atoms with Gasteiger partial charge in [-0.15, -0.1) is 0 Å². The second-order valence-corrected chi connectivity index (χ2v) is 3.62. The van der Waals surface area contributed by atoms with E-state index in [1.807, 2.05) is 51.1 Å². The van der Waals surface area contributed by atoms with Crippen LogP contribution in [0.2, 0.25) is 0 Å². The summed E-state index contributed by atoms with van der Waals surface area (Å²) in [4.78, 5) is 11.5. The molecule has 0 aliphatic carbocycles. The van der Waals surface area contributed by atoms with Gasteiger partial charge in [0.2, 0.25) is 0 Å². The van der Waals surface area contributed by atoms with Gasteiger partial charge in [-0.25, -0.2) is 0 Å². The van der Waals surface area contributed by atoms with Crippen LogP contribution in [0.4, 0.5) is 0 Å². The first-order chi connectivity index (χ1) is 6.61. The number of carbonyl (C=O) groups excluding carboxylic acids is 1. The van der Waals surface area contributed by atoms with E-state index in [1.54, 1.807) is 0 Å². The van der Waals surface area contributed by atoms with E-state index in [9.17, 15) is 4.79 Å². The van der Waals surface area contributed by atoms with Crippen LogP contribution in [0.15, 0.2) is 30.3 Å². The van der Waals surface area contributed by atoms with Crippen LogP contribution in [0.3, 0.4) is 0 Å². The van der Waals surface area contributed by atoms with Gasteiger partial charge in [0.25, 0.3) is 0 Å². The van der Waals surface area contributed by atoms with Gasteiger partial charge in [0, 0.05) is 0 Å². The molecule has 2 nitrogen and oxygen atoms in total. The van der Waals surface area contributed by atoms with Gasteiger partial charge in [-0.1, -0.05) is 37.8 Å². The minimum atomic E-state index is -0.182. The summed E-state index contributed by atoms with van der Waals surface area (Å²) in [5.41, 5.74) is 0.998. The smallest absolute Gasteiger partial charge is 0.313 e. The van der Waals surface area contributed by atoms with E-state index in [2.05, 4.69) is 0 Å². The van der Waals surface area contributed by atoms with E-state index >= 15 is 0 Å². The highest BCUT2D eigenvalue weighted by Gasteiger charge is 2.16. The second kappa shape index (κ2) is 6.23. The summed E-state index contributed by atoms with van der Waals surface area (Å²) in [5.74, 6) is -0.343. The molecule has 0 aliphatic heterocycles. The lowest BCUT2D eigenvalue weighted by Crippen LogP contribution is -2.17. The topological polar surface area (TPSA) is 26.3 Å². The fourth-order valence-corrected chi connectivity index (χ4v) is 1.21. The quantitative estimate of drug-likeness (QED) is 0.712. The van der Waals surface area contributed by atoms with Gasteiger partial charge in [-0.2, -0.15) is 0 Å². The predicted octanol–water partition coefficient (Wildman–Crippen LogP) is 3.38. The van der Waals surface area contributed by atoms with Crippen molar-refractivity contribution in [3.63, 3.8) is 0 Å². The van der Waals surface area contributed by atoms with E-state index in [-0.39, 0.29) is 25.4 Å². The fourth-order valence-electron chi connectivity index (χ4n) is 1.21.